The average Bonchev–Trinajstić information content (AvgIpc) is 3.25. The number of hydrogen-bond acceptors (Lipinski definition) is 7. The van der Waals surface area contributed by atoms with Crippen LogP contribution in [-0.2, 0) is 22.4 Å². The van der Waals surface area contributed by atoms with Gasteiger partial charge in [-0.1, -0.05) is 41.3 Å². The van der Waals surface area contributed by atoms with Crippen molar-refractivity contribution in [3.8, 4) is 0 Å². The van der Waals surface area contributed by atoms with Crippen molar-refractivity contribution in [2.24, 2.45) is 0 Å². The standard InChI is InChI=1S/C33H43B2N7O4/c34-26-19-22(20-27(35)30(26)36)21-29(31(43)40-17-15-39(16-18-40)24-5-10-37-11-6-24)46-33(45)41-12-8-25(9-13-41)42-14-7-23-3-1-2-4-28(23)38-32(42)44/h1-4,19-20,24-25,29,37H,5-18,21,36H2,(H,38,44)/t29-/m1/s1. The first-order valence-corrected chi connectivity index (χ1v) is 16.5. The number of carbonyl (C=O) groups excluding carboxylic acids is 3. The zero-order chi connectivity index (χ0) is 32.2. The molecule has 0 unspecified atom stereocenters. The maximum absolute atomic E-state index is 13.9. The first kappa shape index (κ1) is 32.2. The average molecular weight is 623 g/mol. The molecule has 2 aromatic rings. The molecule has 0 saturated carbocycles. The molecule has 240 valence electrons. The lowest BCUT2D eigenvalue weighted by molar-refractivity contribution is -0.143. The highest BCUT2D eigenvalue weighted by Crippen LogP contribution is 2.25. The Morgan fingerprint density at radius 2 is 1.57 bits per heavy atom. The zero-order valence-electron chi connectivity index (χ0n) is 26.5. The number of nitrogens with two attached hydrogens (primary N) is 1. The molecule has 0 spiro atoms. The molecule has 4 radical (unpaired) electrons. The molecule has 6 rings (SSSR count). The minimum atomic E-state index is -1.03. The normalized spacial score (nSPS) is 20.9. The number of benzene rings is 2. The number of piperazine rings is 1. The molecular formula is C33H43B2N7O4. The van der Waals surface area contributed by atoms with Crippen LogP contribution in [0.15, 0.2) is 36.4 Å². The van der Waals surface area contributed by atoms with Gasteiger partial charge in [0.2, 0.25) is 0 Å². The minimum absolute atomic E-state index is 0.00719. The van der Waals surface area contributed by atoms with Crippen LogP contribution in [0.25, 0.3) is 0 Å². The third-order valence-electron chi connectivity index (χ3n) is 10.00. The number of urea groups is 1. The van der Waals surface area contributed by atoms with Crippen molar-refractivity contribution in [2.45, 2.75) is 56.7 Å². The number of hydrogen-bond donors (Lipinski definition) is 3. The summed E-state index contributed by atoms with van der Waals surface area (Å²) in [7, 11) is 12.2. The second kappa shape index (κ2) is 14.4. The lowest BCUT2D eigenvalue weighted by Crippen LogP contribution is -2.56. The van der Waals surface area contributed by atoms with Crippen molar-refractivity contribution in [2.75, 3.05) is 70.0 Å². The molecule has 4 aliphatic rings. The van der Waals surface area contributed by atoms with Crippen molar-refractivity contribution < 1.29 is 19.1 Å². The van der Waals surface area contributed by atoms with Crippen LogP contribution in [0.3, 0.4) is 0 Å². The Hall–Kier alpha value is -3.70. The van der Waals surface area contributed by atoms with E-state index >= 15 is 0 Å². The van der Waals surface area contributed by atoms with E-state index in [4.69, 9.17) is 26.2 Å². The summed E-state index contributed by atoms with van der Waals surface area (Å²) in [4.78, 5) is 48.3. The molecule has 11 nitrogen and oxygen atoms in total. The predicted octanol–water partition coefficient (Wildman–Crippen LogP) is 0.355. The number of fused-ring (bicyclic) bond motifs is 1. The molecule has 46 heavy (non-hydrogen) atoms. The third kappa shape index (κ3) is 7.31. The van der Waals surface area contributed by atoms with Gasteiger partial charge in [0.1, 0.15) is 15.7 Å². The summed E-state index contributed by atoms with van der Waals surface area (Å²) >= 11 is 0. The van der Waals surface area contributed by atoms with E-state index in [1.54, 1.807) is 17.0 Å². The molecule has 3 fully saturated rings. The fourth-order valence-corrected chi connectivity index (χ4v) is 7.25. The summed E-state index contributed by atoms with van der Waals surface area (Å²) in [5.41, 5.74) is 9.55. The summed E-state index contributed by atoms with van der Waals surface area (Å²) in [5.74, 6) is -0.219. The number of nitrogens with one attached hydrogen (secondary N) is 2. The van der Waals surface area contributed by atoms with E-state index in [1.165, 1.54) is 0 Å². The van der Waals surface area contributed by atoms with Crippen molar-refractivity contribution in [1.82, 2.24) is 24.9 Å². The molecule has 0 bridgehead atoms. The third-order valence-corrected chi connectivity index (χ3v) is 10.00. The number of rotatable bonds is 6. The molecular weight excluding hydrogens is 580 g/mol. The largest absolute Gasteiger partial charge is 0.436 e. The fraction of sp³-hybridized carbons (Fsp3) is 0.545. The maximum Gasteiger partial charge on any atom is 0.410 e. The molecule has 13 heteroatoms. The van der Waals surface area contributed by atoms with Gasteiger partial charge in [0.05, 0.1) is 0 Å². The highest BCUT2D eigenvalue weighted by molar-refractivity contribution is 6.43. The first-order chi connectivity index (χ1) is 22.3. The Labute approximate surface area is 274 Å². The summed E-state index contributed by atoms with van der Waals surface area (Å²) < 4.78 is 5.99. The Morgan fingerprint density at radius 3 is 2.26 bits per heavy atom. The van der Waals surface area contributed by atoms with Crippen LogP contribution in [0.2, 0.25) is 0 Å². The summed E-state index contributed by atoms with van der Waals surface area (Å²) in [5, 5.41) is 6.45. The van der Waals surface area contributed by atoms with E-state index < -0.39 is 12.2 Å². The van der Waals surface area contributed by atoms with Crippen LogP contribution in [0.5, 0.6) is 0 Å². The second-order valence-corrected chi connectivity index (χ2v) is 12.9. The summed E-state index contributed by atoms with van der Waals surface area (Å²) in [6.07, 6.45) is 2.82. The van der Waals surface area contributed by atoms with Gasteiger partial charge in [-0.2, -0.15) is 0 Å². The number of amides is 4. The van der Waals surface area contributed by atoms with E-state index in [9.17, 15) is 14.4 Å². The molecule has 4 amide bonds. The maximum atomic E-state index is 13.9. The number of ether oxygens (including phenoxy) is 1. The molecule has 4 N–H and O–H groups in total. The fourth-order valence-electron chi connectivity index (χ4n) is 7.25. The van der Waals surface area contributed by atoms with Crippen LogP contribution in [0.1, 0.15) is 36.8 Å². The Balaban J connectivity index is 1.09. The van der Waals surface area contributed by atoms with Crippen molar-refractivity contribution in [1.29, 1.82) is 0 Å². The highest BCUT2D eigenvalue weighted by Gasteiger charge is 2.36. The van der Waals surface area contributed by atoms with Crippen LogP contribution < -0.4 is 27.3 Å². The Kier molecular flexibility index (Phi) is 10.1. The minimum Gasteiger partial charge on any atom is -0.436 e. The number of carbonyl (C=O) groups is 3. The molecule has 3 saturated heterocycles. The molecule has 0 aromatic heterocycles. The topological polar surface area (TPSA) is 123 Å². The number of anilines is 2. The number of nitrogens with zero attached hydrogens (tertiary/aromatic N) is 4. The van der Waals surface area contributed by atoms with E-state index in [0.29, 0.717) is 73.8 Å². The van der Waals surface area contributed by atoms with E-state index in [2.05, 4.69) is 15.5 Å². The van der Waals surface area contributed by atoms with Crippen molar-refractivity contribution in [3.05, 3.63) is 47.5 Å². The summed E-state index contributed by atoms with van der Waals surface area (Å²) in [6, 6.07) is 11.7. The smallest absolute Gasteiger partial charge is 0.410 e. The monoisotopic (exact) mass is 623 g/mol. The van der Waals surface area contributed by atoms with Crippen LogP contribution in [0, 0.1) is 0 Å². The number of para-hydroxylation sites is 1. The quantitative estimate of drug-likeness (QED) is 0.314. The van der Waals surface area contributed by atoms with E-state index in [-0.39, 0.29) is 24.4 Å². The zero-order valence-corrected chi connectivity index (χ0v) is 26.5. The SMILES string of the molecule is [B]c1cc(C[C@@H](OC(=O)N2CCC(N3CCc4ccccc4NC3=O)CC2)C(=O)N2CCN(C3CCNCC3)CC2)cc([B])c1N. The van der Waals surface area contributed by atoms with Gasteiger partial charge < -0.3 is 35.8 Å². The van der Waals surface area contributed by atoms with E-state index in [1.807, 2.05) is 34.1 Å². The number of piperidine rings is 2. The van der Waals surface area contributed by atoms with Gasteiger partial charge in [-0.05, 0) is 62.4 Å². The number of nitrogen functional groups attached to an aromatic ring is 1. The molecule has 0 aliphatic carbocycles. The first-order valence-electron chi connectivity index (χ1n) is 16.5. The Bertz CT molecular complexity index is 1400. The van der Waals surface area contributed by atoms with Crippen molar-refractivity contribution >= 4 is 56.0 Å². The lowest BCUT2D eigenvalue weighted by Gasteiger charge is -2.41. The van der Waals surface area contributed by atoms with Crippen molar-refractivity contribution in [3.63, 3.8) is 0 Å². The van der Waals surface area contributed by atoms with Gasteiger partial charge in [-0.25, -0.2) is 9.59 Å². The van der Waals surface area contributed by atoms with Gasteiger partial charge in [0.15, 0.2) is 6.10 Å². The van der Waals surface area contributed by atoms with E-state index in [0.717, 1.165) is 56.7 Å². The molecule has 4 heterocycles. The van der Waals surface area contributed by atoms with Gasteiger partial charge in [-0.15, -0.1) is 0 Å². The predicted molar refractivity (Wildman–Crippen MR) is 180 cm³/mol. The highest BCUT2D eigenvalue weighted by atomic mass is 16.6. The van der Waals surface area contributed by atoms with Crippen LogP contribution in [-0.4, -0.2) is 130 Å². The van der Waals surface area contributed by atoms with Crippen LogP contribution >= 0.6 is 0 Å². The molecule has 2 aromatic carbocycles. The van der Waals surface area contributed by atoms with Crippen LogP contribution in [0.4, 0.5) is 21.0 Å². The molecule has 1 atom stereocenters. The van der Waals surface area contributed by atoms with Gasteiger partial charge in [0, 0.05) is 75.7 Å². The Morgan fingerprint density at radius 1 is 0.891 bits per heavy atom. The number of likely N-dealkylation sites (tertiary alicyclic amines) is 1. The van der Waals surface area contributed by atoms with Gasteiger partial charge in [-0.3, -0.25) is 9.69 Å². The second-order valence-electron chi connectivity index (χ2n) is 12.9. The summed E-state index contributed by atoms with van der Waals surface area (Å²) in [6.45, 7) is 6.26. The lowest BCUT2D eigenvalue weighted by atomic mass is 9.82. The van der Waals surface area contributed by atoms with Gasteiger partial charge in [0.25, 0.3) is 5.91 Å². The molecule has 4 aliphatic heterocycles. The van der Waals surface area contributed by atoms with Gasteiger partial charge >= 0.3 is 12.1 Å².